The highest BCUT2D eigenvalue weighted by Gasteiger charge is 2.30. The highest BCUT2D eigenvalue weighted by molar-refractivity contribution is 5.79. The van der Waals surface area contributed by atoms with Crippen molar-refractivity contribution in [3.05, 3.63) is 24.0 Å². The standard InChI is InChI=1S/C17H26N4O/c1-3-21-14(2)15(11-18-21)12-19-9-10-20(17(22)13-19)16-7-5-4-6-8-16/h3,11,16H,1,4-10,12-13H2,2H3. The minimum atomic E-state index is 0.298. The normalized spacial score (nSPS) is 21.3. The molecule has 1 aliphatic carbocycles. The van der Waals surface area contributed by atoms with Crippen LogP contribution in [0.3, 0.4) is 0 Å². The van der Waals surface area contributed by atoms with Crippen LogP contribution >= 0.6 is 0 Å². The summed E-state index contributed by atoms with van der Waals surface area (Å²) in [6.45, 7) is 8.96. The third-order valence-corrected chi connectivity index (χ3v) is 5.07. The maximum Gasteiger partial charge on any atom is 0.237 e. The van der Waals surface area contributed by atoms with Crippen molar-refractivity contribution in [2.75, 3.05) is 19.6 Å². The van der Waals surface area contributed by atoms with Gasteiger partial charge in [-0.2, -0.15) is 5.10 Å². The smallest absolute Gasteiger partial charge is 0.237 e. The van der Waals surface area contributed by atoms with Crippen molar-refractivity contribution >= 4 is 12.1 Å². The zero-order chi connectivity index (χ0) is 15.5. The van der Waals surface area contributed by atoms with Gasteiger partial charge in [0.05, 0.1) is 12.7 Å². The maximum absolute atomic E-state index is 12.5. The van der Waals surface area contributed by atoms with Crippen molar-refractivity contribution in [1.82, 2.24) is 19.6 Å². The van der Waals surface area contributed by atoms with E-state index in [0.29, 0.717) is 18.5 Å². The van der Waals surface area contributed by atoms with Crippen molar-refractivity contribution in [2.45, 2.75) is 51.6 Å². The Bertz CT molecular complexity index is 545. The predicted octanol–water partition coefficient (Wildman–Crippen LogP) is 2.27. The summed E-state index contributed by atoms with van der Waals surface area (Å²) < 4.78 is 1.79. The van der Waals surface area contributed by atoms with Crippen LogP contribution in [0.15, 0.2) is 12.8 Å². The molecule has 22 heavy (non-hydrogen) atoms. The van der Waals surface area contributed by atoms with E-state index in [-0.39, 0.29) is 0 Å². The first-order valence-corrected chi connectivity index (χ1v) is 8.36. The second-order valence-corrected chi connectivity index (χ2v) is 6.47. The second kappa shape index (κ2) is 6.65. The van der Waals surface area contributed by atoms with Gasteiger partial charge in [-0.1, -0.05) is 25.8 Å². The van der Waals surface area contributed by atoms with E-state index in [1.54, 1.807) is 10.9 Å². The van der Waals surface area contributed by atoms with Gasteiger partial charge in [-0.3, -0.25) is 9.69 Å². The van der Waals surface area contributed by atoms with E-state index in [9.17, 15) is 4.79 Å². The molecule has 1 aromatic heterocycles. The van der Waals surface area contributed by atoms with Crippen LogP contribution in [0.25, 0.3) is 6.20 Å². The Kier molecular flexibility index (Phi) is 4.62. The summed E-state index contributed by atoms with van der Waals surface area (Å²) in [7, 11) is 0. The molecule has 2 fully saturated rings. The van der Waals surface area contributed by atoms with Crippen molar-refractivity contribution in [1.29, 1.82) is 0 Å². The first-order valence-electron chi connectivity index (χ1n) is 8.36. The number of amides is 1. The molecule has 1 saturated heterocycles. The average Bonchev–Trinajstić information content (AvgIpc) is 2.89. The molecule has 0 spiro atoms. The highest BCUT2D eigenvalue weighted by Crippen LogP contribution is 2.24. The van der Waals surface area contributed by atoms with E-state index in [1.807, 2.05) is 13.1 Å². The molecule has 0 aromatic carbocycles. The fourth-order valence-electron chi connectivity index (χ4n) is 3.69. The molecule has 0 radical (unpaired) electrons. The molecule has 0 unspecified atom stereocenters. The molecule has 0 atom stereocenters. The van der Waals surface area contributed by atoms with Gasteiger partial charge in [-0.15, -0.1) is 0 Å². The summed E-state index contributed by atoms with van der Waals surface area (Å²) in [5.41, 5.74) is 2.29. The molecule has 5 heteroatoms. The lowest BCUT2D eigenvalue weighted by Gasteiger charge is -2.40. The third kappa shape index (κ3) is 3.09. The molecular weight excluding hydrogens is 276 g/mol. The lowest BCUT2D eigenvalue weighted by atomic mass is 9.93. The number of hydrogen-bond acceptors (Lipinski definition) is 3. The summed E-state index contributed by atoms with van der Waals surface area (Å²) in [5.74, 6) is 0.298. The van der Waals surface area contributed by atoms with Crippen molar-refractivity contribution in [2.24, 2.45) is 0 Å². The minimum Gasteiger partial charge on any atom is -0.337 e. The third-order valence-electron chi connectivity index (χ3n) is 5.07. The summed E-state index contributed by atoms with van der Waals surface area (Å²) in [6, 6.07) is 0.494. The number of rotatable bonds is 4. The van der Waals surface area contributed by atoms with Crippen LogP contribution < -0.4 is 0 Å². The number of carbonyl (C=O) groups excluding carboxylic acids is 1. The van der Waals surface area contributed by atoms with Crippen LogP contribution in [-0.4, -0.2) is 51.2 Å². The van der Waals surface area contributed by atoms with Gasteiger partial charge in [0, 0.05) is 43.1 Å². The predicted molar refractivity (Wildman–Crippen MR) is 87.2 cm³/mol. The summed E-state index contributed by atoms with van der Waals surface area (Å²) >= 11 is 0. The minimum absolute atomic E-state index is 0.298. The molecule has 1 amide bonds. The topological polar surface area (TPSA) is 41.4 Å². The van der Waals surface area contributed by atoms with E-state index in [0.717, 1.165) is 25.3 Å². The van der Waals surface area contributed by atoms with Crippen LogP contribution in [0.4, 0.5) is 0 Å². The van der Waals surface area contributed by atoms with Crippen LogP contribution in [0.1, 0.15) is 43.4 Å². The number of nitrogens with zero attached hydrogens (tertiary/aromatic N) is 4. The molecule has 0 N–H and O–H groups in total. The lowest BCUT2D eigenvalue weighted by molar-refractivity contribution is -0.139. The quantitative estimate of drug-likeness (QED) is 0.857. The number of hydrogen-bond donors (Lipinski definition) is 0. The Hall–Kier alpha value is -1.62. The lowest BCUT2D eigenvalue weighted by Crippen LogP contribution is -2.54. The molecule has 1 aromatic rings. The fraction of sp³-hybridized carbons (Fsp3) is 0.647. The molecule has 1 saturated carbocycles. The Morgan fingerprint density at radius 2 is 2.09 bits per heavy atom. The van der Waals surface area contributed by atoms with E-state index in [1.165, 1.54) is 37.7 Å². The van der Waals surface area contributed by atoms with E-state index < -0.39 is 0 Å². The van der Waals surface area contributed by atoms with Crippen molar-refractivity contribution in [3.63, 3.8) is 0 Å². The van der Waals surface area contributed by atoms with E-state index >= 15 is 0 Å². The van der Waals surface area contributed by atoms with Crippen LogP contribution in [0.5, 0.6) is 0 Å². The van der Waals surface area contributed by atoms with Crippen LogP contribution in [-0.2, 0) is 11.3 Å². The number of aromatic nitrogens is 2. The van der Waals surface area contributed by atoms with Gasteiger partial charge >= 0.3 is 0 Å². The molecule has 2 aliphatic rings. The zero-order valence-electron chi connectivity index (χ0n) is 13.5. The van der Waals surface area contributed by atoms with Gasteiger partial charge in [0.25, 0.3) is 0 Å². The molecule has 120 valence electrons. The Morgan fingerprint density at radius 1 is 1.32 bits per heavy atom. The summed E-state index contributed by atoms with van der Waals surface area (Å²) in [5, 5.41) is 4.28. The maximum atomic E-state index is 12.5. The van der Waals surface area contributed by atoms with Crippen LogP contribution in [0.2, 0.25) is 0 Å². The monoisotopic (exact) mass is 302 g/mol. The molecular formula is C17H26N4O. The number of piperazine rings is 1. The van der Waals surface area contributed by atoms with Gasteiger partial charge in [-0.25, -0.2) is 4.68 Å². The molecule has 0 bridgehead atoms. The van der Waals surface area contributed by atoms with Gasteiger partial charge in [0.15, 0.2) is 0 Å². The SMILES string of the molecule is C=Cn1ncc(CN2CCN(C3CCCCC3)C(=O)C2)c1C. The van der Waals surface area contributed by atoms with Crippen LogP contribution in [0, 0.1) is 6.92 Å². The molecule has 5 nitrogen and oxygen atoms in total. The van der Waals surface area contributed by atoms with Gasteiger partial charge in [-0.05, 0) is 19.8 Å². The van der Waals surface area contributed by atoms with Gasteiger partial charge < -0.3 is 4.90 Å². The largest absolute Gasteiger partial charge is 0.337 e. The number of carbonyl (C=O) groups is 1. The molecule has 2 heterocycles. The van der Waals surface area contributed by atoms with Gasteiger partial charge in [0.1, 0.15) is 0 Å². The first kappa shape index (κ1) is 15.3. The van der Waals surface area contributed by atoms with Crippen molar-refractivity contribution < 1.29 is 4.79 Å². The zero-order valence-corrected chi connectivity index (χ0v) is 13.5. The summed E-state index contributed by atoms with van der Waals surface area (Å²) in [6.07, 6.45) is 9.86. The van der Waals surface area contributed by atoms with Gasteiger partial charge in [0.2, 0.25) is 5.91 Å². The Morgan fingerprint density at radius 3 is 2.73 bits per heavy atom. The second-order valence-electron chi connectivity index (χ2n) is 6.47. The Labute approximate surface area is 132 Å². The molecule has 1 aliphatic heterocycles. The average molecular weight is 302 g/mol. The van der Waals surface area contributed by atoms with Crippen molar-refractivity contribution in [3.8, 4) is 0 Å². The first-order chi connectivity index (χ1) is 10.7. The Balaban J connectivity index is 1.58. The fourth-order valence-corrected chi connectivity index (χ4v) is 3.69. The molecule has 3 rings (SSSR count). The van der Waals surface area contributed by atoms with E-state index in [2.05, 4.69) is 21.5 Å². The van der Waals surface area contributed by atoms with E-state index in [4.69, 9.17) is 0 Å². The summed E-state index contributed by atoms with van der Waals surface area (Å²) in [4.78, 5) is 16.9. The highest BCUT2D eigenvalue weighted by atomic mass is 16.2.